The molecule has 11 nitrogen and oxygen atoms in total. The summed E-state index contributed by atoms with van der Waals surface area (Å²) in [6.45, 7) is 3.02. The van der Waals surface area contributed by atoms with Gasteiger partial charge in [-0.15, -0.1) is 0 Å². The van der Waals surface area contributed by atoms with Crippen molar-refractivity contribution in [3.63, 3.8) is 0 Å². The number of amides is 2. The Morgan fingerprint density at radius 2 is 1.94 bits per heavy atom. The highest BCUT2D eigenvalue weighted by atomic mass is 16.6. The Kier molecular flexibility index (Phi) is 8.22. The summed E-state index contributed by atoms with van der Waals surface area (Å²) < 4.78 is 5.32. The van der Waals surface area contributed by atoms with Crippen molar-refractivity contribution < 1.29 is 24.0 Å². The Balaban J connectivity index is 2.25. The van der Waals surface area contributed by atoms with Crippen LogP contribution in [0.2, 0.25) is 0 Å². The molecule has 170 valence electrons. The number of para-hydroxylation sites is 1. The number of hydrogen-bond donors (Lipinski definition) is 1. The van der Waals surface area contributed by atoms with E-state index in [1.165, 1.54) is 4.90 Å². The predicted octanol–water partition coefficient (Wildman–Crippen LogP) is 1.73. The third kappa shape index (κ3) is 6.00. The molecule has 2 aromatic rings. The van der Waals surface area contributed by atoms with Crippen LogP contribution in [0.4, 0.5) is 11.4 Å². The zero-order chi connectivity index (χ0) is 23.8. The van der Waals surface area contributed by atoms with Gasteiger partial charge in [-0.2, -0.15) is 0 Å². The number of esters is 1. The number of aromatic nitrogens is 1. The fourth-order valence-electron chi connectivity index (χ4n) is 2.98. The van der Waals surface area contributed by atoms with Gasteiger partial charge in [0.1, 0.15) is 6.54 Å². The molecule has 0 unspecified atom stereocenters. The summed E-state index contributed by atoms with van der Waals surface area (Å²) in [6.07, 6.45) is 1.57. The van der Waals surface area contributed by atoms with Gasteiger partial charge in [0.15, 0.2) is 0 Å². The van der Waals surface area contributed by atoms with Crippen LogP contribution in [0.1, 0.15) is 29.3 Å². The van der Waals surface area contributed by atoms with E-state index in [2.05, 4.69) is 10.1 Å². The van der Waals surface area contributed by atoms with Gasteiger partial charge in [0.25, 0.3) is 0 Å². The van der Waals surface area contributed by atoms with Gasteiger partial charge in [-0.3, -0.25) is 29.1 Å². The zero-order valence-electron chi connectivity index (χ0n) is 18.0. The van der Waals surface area contributed by atoms with Gasteiger partial charge in [0, 0.05) is 24.5 Å². The van der Waals surface area contributed by atoms with Crippen molar-refractivity contribution in [2.75, 3.05) is 25.5 Å². The molecule has 0 radical (unpaired) electrons. The topological polar surface area (TPSA) is 141 Å². The average molecular weight is 444 g/mol. The molecule has 0 aliphatic heterocycles. The summed E-state index contributed by atoms with van der Waals surface area (Å²) in [5.41, 5.74) is -0.686. The third-order valence-electron chi connectivity index (χ3n) is 4.59. The molecule has 2 amide bonds. The van der Waals surface area contributed by atoms with Crippen LogP contribution in [0, 0.1) is 17.0 Å². The lowest BCUT2D eigenvalue weighted by Crippen LogP contribution is -2.41. The smallest absolute Gasteiger partial charge is 0.339 e. The molecule has 0 fully saturated rings. The van der Waals surface area contributed by atoms with Gasteiger partial charge >= 0.3 is 17.2 Å². The third-order valence-corrected chi connectivity index (χ3v) is 4.59. The number of aryl methyl sites for hydroxylation is 1. The van der Waals surface area contributed by atoms with Crippen molar-refractivity contribution >= 4 is 29.2 Å². The van der Waals surface area contributed by atoms with Crippen molar-refractivity contribution in [1.29, 1.82) is 0 Å². The lowest BCUT2D eigenvalue weighted by atomic mass is 10.2. The number of anilines is 1. The summed E-state index contributed by atoms with van der Waals surface area (Å²) in [5, 5.41) is 13.9. The van der Waals surface area contributed by atoms with Gasteiger partial charge in [0.2, 0.25) is 11.8 Å². The molecule has 0 aliphatic rings. The van der Waals surface area contributed by atoms with Gasteiger partial charge in [0.05, 0.1) is 24.1 Å². The average Bonchev–Trinajstić information content (AvgIpc) is 2.75. The largest absolute Gasteiger partial charge is 0.465 e. The van der Waals surface area contributed by atoms with Crippen molar-refractivity contribution in [2.45, 2.75) is 26.8 Å². The molecule has 0 aliphatic carbocycles. The number of nitrogens with one attached hydrogen (secondary N) is 1. The molecule has 0 saturated heterocycles. The first-order chi connectivity index (χ1) is 15.2. The summed E-state index contributed by atoms with van der Waals surface area (Å²) in [4.78, 5) is 61.0. The van der Waals surface area contributed by atoms with E-state index >= 15 is 0 Å². The summed E-state index contributed by atoms with van der Waals surface area (Å²) in [6, 6.07) is 7.96. The Morgan fingerprint density at radius 3 is 2.53 bits per heavy atom. The molecule has 0 bridgehead atoms. The van der Waals surface area contributed by atoms with Crippen molar-refractivity contribution in [2.24, 2.45) is 0 Å². The van der Waals surface area contributed by atoms with Crippen LogP contribution in [0.25, 0.3) is 0 Å². The molecule has 0 saturated carbocycles. The van der Waals surface area contributed by atoms with Gasteiger partial charge < -0.3 is 15.0 Å². The molecular weight excluding hydrogens is 420 g/mol. The molecule has 1 aromatic carbocycles. The molecule has 1 N–H and O–H groups in total. The SMILES string of the molecule is CCCN(CC(=O)Nc1ccccc1C)C(=O)Cn1cc(C(=O)OC)cc([N+](=O)[O-])c1=O. The fraction of sp³-hybridized carbons (Fsp3) is 0.333. The zero-order valence-corrected chi connectivity index (χ0v) is 18.0. The molecule has 0 spiro atoms. The highest BCUT2D eigenvalue weighted by Crippen LogP contribution is 2.13. The molecule has 1 heterocycles. The lowest BCUT2D eigenvalue weighted by Gasteiger charge is -2.22. The van der Waals surface area contributed by atoms with E-state index in [0.717, 1.165) is 29.5 Å². The number of hydrogen-bond acceptors (Lipinski definition) is 7. The number of carbonyl (C=O) groups is 3. The first-order valence-corrected chi connectivity index (χ1v) is 9.78. The number of nitro groups is 1. The van der Waals surface area contributed by atoms with E-state index in [-0.39, 0.29) is 18.7 Å². The highest BCUT2D eigenvalue weighted by molar-refractivity contribution is 5.95. The number of ether oxygens (including phenoxy) is 1. The quantitative estimate of drug-likeness (QED) is 0.353. The normalized spacial score (nSPS) is 10.3. The van der Waals surface area contributed by atoms with E-state index in [9.17, 15) is 29.3 Å². The monoisotopic (exact) mass is 444 g/mol. The summed E-state index contributed by atoms with van der Waals surface area (Å²) >= 11 is 0. The van der Waals surface area contributed by atoms with Crippen LogP contribution in [0.5, 0.6) is 0 Å². The summed E-state index contributed by atoms with van der Waals surface area (Å²) in [5.74, 6) is -1.93. The van der Waals surface area contributed by atoms with Crippen LogP contribution < -0.4 is 10.9 Å². The first-order valence-electron chi connectivity index (χ1n) is 9.78. The lowest BCUT2D eigenvalue weighted by molar-refractivity contribution is -0.386. The number of rotatable bonds is 9. The number of methoxy groups -OCH3 is 1. The highest BCUT2D eigenvalue weighted by Gasteiger charge is 2.23. The molecule has 2 rings (SSSR count). The number of pyridine rings is 1. The molecule has 32 heavy (non-hydrogen) atoms. The Morgan fingerprint density at radius 1 is 1.25 bits per heavy atom. The van der Waals surface area contributed by atoms with Gasteiger partial charge in [-0.1, -0.05) is 25.1 Å². The van der Waals surface area contributed by atoms with Crippen LogP contribution >= 0.6 is 0 Å². The standard InChI is InChI=1S/C21H24N4O7/c1-4-9-23(12-18(26)22-16-8-6-5-7-14(16)2)19(27)13-24-11-15(21(29)32-3)10-17(20(24)28)25(30)31/h5-8,10-11H,4,9,12-13H2,1-3H3,(H,22,26). The Labute approximate surface area is 183 Å². The second kappa shape index (κ2) is 10.8. The van der Waals surface area contributed by atoms with Crippen molar-refractivity contribution in [3.05, 3.63) is 68.1 Å². The van der Waals surface area contributed by atoms with Crippen LogP contribution in [-0.4, -0.2) is 52.4 Å². The van der Waals surface area contributed by atoms with E-state index < -0.39 is 40.5 Å². The maximum Gasteiger partial charge on any atom is 0.339 e. The minimum Gasteiger partial charge on any atom is -0.465 e. The maximum absolute atomic E-state index is 12.8. The van der Waals surface area contributed by atoms with Gasteiger partial charge in [-0.05, 0) is 25.0 Å². The van der Waals surface area contributed by atoms with E-state index in [0.29, 0.717) is 12.1 Å². The molecule has 0 atom stereocenters. The number of benzene rings is 1. The van der Waals surface area contributed by atoms with Gasteiger partial charge in [-0.25, -0.2) is 4.79 Å². The van der Waals surface area contributed by atoms with Crippen molar-refractivity contribution in [1.82, 2.24) is 9.47 Å². The Bertz CT molecular complexity index is 1090. The minimum atomic E-state index is -1.04. The number of nitrogens with zero attached hydrogens (tertiary/aromatic N) is 3. The molecule has 1 aromatic heterocycles. The summed E-state index contributed by atoms with van der Waals surface area (Å²) in [7, 11) is 1.09. The fourth-order valence-corrected chi connectivity index (χ4v) is 2.98. The maximum atomic E-state index is 12.8. The van der Waals surface area contributed by atoms with E-state index in [1.807, 2.05) is 26.0 Å². The van der Waals surface area contributed by atoms with Crippen LogP contribution in [0.15, 0.2) is 41.3 Å². The Hall–Kier alpha value is -4.02. The number of carbonyl (C=O) groups excluding carboxylic acids is 3. The predicted molar refractivity (Wildman–Crippen MR) is 115 cm³/mol. The second-order valence-corrected chi connectivity index (χ2v) is 6.97. The second-order valence-electron chi connectivity index (χ2n) is 6.97. The van der Waals surface area contributed by atoms with Crippen LogP contribution in [-0.2, 0) is 20.9 Å². The molecule has 11 heteroatoms. The van der Waals surface area contributed by atoms with Crippen LogP contribution in [0.3, 0.4) is 0 Å². The first kappa shape index (κ1) is 24.3. The van der Waals surface area contributed by atoms with Crippen molar-refractivity contribution in [3.8, 4) is 0 Å². The van der Waals surface area contributed by atoms with E-state index in [4.69, 9.17) is 0 Å². The minimum absolute atomic E-state index is 0.230. The van der Waals surface area contributed by atoms with E-state index in [1.54, 1.807) is 12.1 Å². The molecular formula is C21H24N4O7.